The van der Waals surface area contributed by atoms with E-state index in [1.807, 2.05) is 43.9 Å². The van der Waals surface area contributed by atoms with Gasteiger partial charge in [0.1, 0.15) is 0 Å². The van der Waals surface area contributed by atoms with Crippen LogP contribution >= 0.6 is 0 Å². The highest BCUT2D eigenvalue weighted by Gasteiger charge is 2.28. The van der Waals surface area contributed by atoms with Crippen LogP contribution in [0.15, 0.2) is 28.8 Å². The highest BCUT2D eigenvalue weighted by Crippen LogP contribution is 2.29. The number of rotatable bonds is 3. The summed E-state index contributed by atoms with van der Waals surface area (Å²) in [4.78, 5) is 18.5. The van der Waals surface area contributed by atoms with Gasteiger partial charge in [-0.05, 0) is 25.8 Å². The second-order valence-corrected chi connectivity index (χ2v) is 6.58. The lowest BCUT2D eigenvalue weighted by molar-refractivity contribution is -0.135. The Bertz CT molecular complexity index is 685. The van der Waals surface area contributed by atoms with E-state index in [0.29, 0.717) is 11.7 Å². The minimum absolute atomic E-state index is 0.0582. The summed E-state index contributed by atoms with van der Waals surface area (Å²) in [5.41, 5.74) is 2.15. The van der Waals surface area contributed by atoms with E-state index in [4.69, 9.17) is 4.52 Å². The van der Waals surface area contributed by atoms with Crippen LogP contribution in [0.2, 0.25) is 0 Å². The Hall–Kier alpha value is -2.17. The van der Waals surface area contributed by atoms with Gasteiger partial charge >= 0.3 is 0 Å². The Balaban J connectivity index is 1.67. The summed E-state index contributed by atoms with van der Waals surface area (Å²) in [6.45, 7) is 7.47. The van der Waals surface area contributed by atoms with Crippen molar-refractivity contribution in [1.29, 1.82) is 0 Å². The average molecular weight is 313 g/mol. The third-order valence-corrected chi connectivity index (χ3v) is 4.37. The first-order chi connectivity index (χ1) is 11.0. The van der Waals surface area contributed by atoms with Crippen LogP contribution in [0.25, 0.3) is 11.4 Å². The number of amides is 1. The minimum Gasteiger partial charge on any atom is -0.342 e. The molecule has 23 heavy (non-hydrogen) atoms. The average Bonchev–Trinajstić information content (AvgIpc) is 3.04. The molecule has 0 bridgehead atoms. The molecule has 1 aliphatic rings. The van der Waals surface area contributed by atoms with E-state index >= 15 is 0 Å². The lowest BCUT2D eigenvalue weighted by atomic mass is 9.96. The van der Waals surface area contributed by atoms with E-state index in [2.05, 4.69) is 16.2 Å². The Kier molecular flexibility index (Phi) is 4.46. The van der Waals surface area contributed by atoms with E-state index in [1.54, 1.807) is 0 Å². The van der Waals surface area contributed by atoms with E-state index < -0.39 is 0 Å². The third kappa shape index (κ3) is 3.44. The van der Waals surface area contributed by atoms with Crippen molar-refractivity contribution in [3.8, 4) is 11.4 Å². The summed E-state index contributed by atoms with van der Waals surface area (Å²) in [5, 5.41) is 4.12. The summed E-state index contributed by atoms with van der Waals surface area (Å²) < 4.78 is 5.48. The zero-order chi connectivity index (χ0) is 16.4. The van der Waals surface area contributed by atoms with Crippen molar-refractivity contribution in [3.63, 3.8) is 0 Å². The Morgan fingerprint density at radius 3 is 2.70 bits per heavy atom. The Morgan fingerprint density at radius 1 is 1.30 bits per heavy atom. The zero-order valence-electron chi connectivity index (χ0n) is 14.0. The molecule has 1 aliphatic heterocycles. The summed E-state index contributed by atoms with van der Waals surface area (Å²) >= 11 is 0. The fourth-order valence-electron chi connectivity index (χ4n) is 3.01. The van der Waals surface area contributed by atoms with E-state index in [9.17, 15) is 4.79 Å². The molecule has 5 nitrogen and oxygen atoms in total. The first kappa shape index (κ1) is 15.7. The van der Waals surface area contributed by atoms with Crippen molar-refractivity contribution >= 4 is 5.91 Å². The van der Waals surface area contributed by atoms with Gasteiger partial charge in [-0.2, -0.15) is 4.98 Å². The standard InChI is InChI=1S/C18H23N3O2/c1-12(2)18(22)21-9-7-14(8-10-21)17-19-16(20-23-17)15-6-4-5-13(3)11-15/h4-6,11-12,14H,7-10H2,1-3H3. The number of carbonyl (C=O) groups excluding carboxylic acids is 1. The molecule has 1 amide bonds. The number of carbonyl (C=O) groups is 1. The van der Waals surface area contributed by atoms with Gasteiger partial charge in [-0.15, -0.1) is 0 Å². The van der Waals surface area contributed by atoms with Crippen LogP contribution in [-0.2, 0) is 4.79 Å². The maximum Gasteiger partial charge on any atom is 0.230 e. The van der Waals surface area contributed by atoms with Gasteiger partial charge < -0.3 is 9.42 Å². The SMILES string of the molecule is Cc1cccc(-c2noc(C3CCN(C(=O)C(C)C)CC3)n2)c1. The molecule has 1 aromatic heterocycles. The minimum atomic E-state index is 0.0582. The molecular formula is C18H23N3O2. The van der Waals surface area contributed by atoms with Crippen LogP contribution in [-0.4, -0.2) is 34.0 Å². The number of nitrogens with zero attached hydrogens (tertiary/aromatic N) is 3. The van der Waals surface area contributed by atoms with Crippen LogP contribution in [0.4, 0.5) is 0 Å². The van der Waals surface area contributed by atoms with Gasteiger partial charge in [0.05, 0.1) is 0 Å². The van der Waals surface area contributed by atoms with Crippen LogP contribution in [0.5, 0.6) is 0 Å². The van der Waals surface area contributed by atoms with Crippen LogP contribution in [0, 0.1) is 12.8 Å². The van der Waals surface area contributed by atoms with Gasteiger partial charge in [-0.3, -0.25) is 4.79 Å². The molecule has 1 saturated heterocycles. The maximum atomic E-state index is 12.0. The van der Waals surface area contributed by atoms with Gasteiger partial charge in [0.2, 0.25) is 17.6 Å². The molecule has 122 valence electrons. The molecule has 0 unspecified atom stereocenters. The Labute approximate surface area is 136 Å². The zero-order valence-corrected chi connectivity index (χ0v) is 14.0. The number of likely N-dealkylation sites (tertiary alicyclic amines) is 1. The van der Waals surface area contributed by atoms with Crippen molar-refractivity contribution in [1.82, 2.24) is 15.0 Å². The first-order valence-corrected chi connectivity index (χ1v) is 8.24. The summed E-state index contributed by atoms with van der Waals surface area (Å²) in [6, 6.07) is 8.09. The van der Waals surface area contributed by atoms with Gasteiger partial charge in [-0.1, -0.05) is 42.8 Å². The van der Waals surface area contributed by atoms with Crippen LogP contribution in [0.1, 0.15) is 44.1 Å². The molecule has 0 atom stereocenters. The van der Waals surface area contributed by atoms with Crippen molar-refractivity contribution in [2.45, 2.75) is 39.5 Å². The first-order valence-electron chi connectivity index (χ1n) is 8.24. The smallest absolute Gasteiger partial charge is 0.230 e. The molecule has 2 aromatic rings. The number of hydrogen-bond donors (Lipinski definition) is 0. The van der Waals surface area contributed by atoms with E-state index in [-0.39, 0.29) is 17.7 Å². The number of aromatic nitrogens is 2. The topological polar surface area (TPSA) is 59.2 Å². The number of hydrogen-bond acceptors (Lipinski definition) is 4. The molecule has 0 aliphatic carbocycles. The van der Waals surface area contributed by atoms with Crippen LogP contribution < -0.4 is 0 Å². The summed E-state index contributed by atoms with van der Waals surface area (Å²) in [5.74, 6) is 1.87. The highest BCUT2D eigenvalue weighted by atomic mass is 16.5. The largest absolute Gasteiger partial charge is 0.342 e. The summed E-state index contributed by atoms with van der Waals surface area (Å²) in [7, 11) is 0. The molecule has 0 saturated carbocycles. The Morgan fingerprint density at radius 2 is 2.04 bits per heavy atom. The molecule has 5 heteroatoms. The van der Waals surface area contributed by atoms with Gasteiger partial charge in [-0.25, -0.2) is 0 Å². The molecule has 0 radical (unpaired) electrons. The monoisotopic (exact) mass is 313 g/mol. The van der Waals surface area contributed by atoms with Gasteiger partial charge in [0.15, 0.2) is 0 Å². The molecule has 0 spiro atoms. The number of benzene rings is 1. The predicted octanol–water partition coefficient (Wildman–Crippen LogP) is 3.41. The third-order valence-electron chi connectivity index (χ3n) is 4.37. The molecule has 2 heterocycles. The van der Waals surface area contributed by atoms with Gasteiger partial charge in [0.25, 0.3) is 0 Å². The van der Waals surface area contributed by atoms with Gasteiger partial charge in [0, 0.05) is 30.5 Å². The highest BCUT2D eigenvalue weighted by molar-refractivity contribution is 5.78. The predicted molar refractivity (Wildman–Crippen MR) is 87.9 cm³/mol. The number of piperidine rings is 1. The van der Waals surface area contributed by atoms with E-state index in [0.717, 1.165) is 31.5 Å². The molecule has 0 N–H and O–H groups in total. The van der Waals surface area contributed by atoms with Crippen molar-refractivity contribution in [2.75, 3.05) is 13.1 Å². The quantitative estimate of drug-likeness (QED) is 0.871. The number of aryl methyl sites for hydroxylation is 1. The fourth-order valence-corrected chi connectivity index (χ4v) is 3.01. The molecule has 3 rings (SSSR count). The molecule has 1 fully saturated rings. The van der Waals surface area contributed by atoms with Crippen molar-refractivity contribution in [2.24, 2.45) is 5.92 Å². The summed E-state index contributed by atoms with van der Waals surface area (Å²) in [6.07, 6.45) is 1.77. The fraction of sp³-hybridized carbons (Fsp3) is 0.500. The molecular weight excluding hydrogens is 290 g/mol. The van der Waals surface area contributed by atoms with Crippen molar-refractivity contribution < 1.29 is 9.32 Å². The lowest BCUT2D eigenvalue weighted by Gasteiger charge is -2.31. The second-order valence-electron chi connectivity index (χ2n) is 6.58. The van der Waals surface area contributed by atoms with E-state index in [1.165, 1.54) is 5.56 Å². The van der Waals surface area contributed by atoms with Crippen molar-refractivity contribution in [3.05, 3.63) is 35.7 Å². The lowest BCUT2D eigenvalue weighted by Crippen LogP contribution is -2.40. The maximum absolute atomic E-state index is 12.0. The normalized spacial score (nSPS) is 16.1. The van der Waals surface area contributed by atoms with Crippen LogP contribution in [0.3, 0.4) is 0 Å². The molecule has 1 aromatic carbocycles. The second kappa shape index (κ2) is 6.52.